The van der Waals surface area contributed by atoms with Crippen LogP contribution in [0.5, 0.6) is 23.0 Å². The van der Waals surface area contributed by atoms with E-state index < -0.39 is 5.91 Å². The number of amides is 1. The summed E-state index contributed by atoms with van der Waals surface area (Å²) >= 11 is 3.53. The molecule has 0 saturated heterocycles. The van der Waals surface area contributed by atoms with E-state index in [1.807, 2.05) is 31.2 Å². The molecule has 9 nitrogen and oxygen atoms in total. The number of rotatable bonds is 9. The number of nitrogens with one attached hydrogen (secondary N) is 1. The second-order valence-corrected chi connectivity index (χ2v) is 8.31. The van der Waals surface area contributed by atoms with Gasteiger partial charge >= 0.3 is 0 Å². The van der Waals surface area contributed by atoms with Crippen LogP contribution < -0.4 is 18.9 Å². The summed E-state index contributed by atoms with van der Waals surface area (Å²) in [5.74, 6) is 2.73. The fourth-order valence-corrected chi connectivity index (χ4v) is 3.99. The topological polar surface area (TPSA) is 103 Å². The van der Waals surface area contributed by atoms with Crippen LogP contribution in [0.1, 0.15) is 19.4 Å². The highest BCUT2D eigenvalue weighted by atomic mass is 79.9. The average Bonchev–Trinajstić information content (AvgIpc) is 3.21. The number of nitrogens with zero attached hydrogens (tertiary/aromatic N) is 2. The largest absolute Gasteiger partial charge is 0.497 e. The van der Waals surface area contributed by atoms with Crippen LogP contribution in [0.2, 0.25) is 0 Å². The summed E-state index contributed by atoms with van der Waals surface area (Å²) in [6.45, 7) is 4.62. The van der Waals surface area contributed by atoms with Gasteiger partial charge in [0.05, 0.1) is 23.8 Å². The van der Waals surface area contributed by atoms with Crippen LogP contribution in [0, 0.1) is 5.41 Å². The lowest BCUT2D eigenvalue weighted by atomic mass is 10.1. The first-order valence-corrected chi connectivity index (χ1v) is 11.6. The lowest BCUT2D eigenvalue weighted by molar-refractivity contribution is -0.114. The second kappa shape index (κ2) is 10.6. The predicted octanol–water partition coefficient (Wildman–Crippen LogP) is 4.76. The monoisotopic (exact) mass is 541 g/mol. The van der Waals surface area contributed by atoms with E-state index in [-0.39, 0.29) is 18.0 Å². The second-order valence-electron chi connectivity index (χ2n) is 7.46. The Morgan fingerprint density at radius 2 is 1.83 bits per heavy atom. The Kier molecular flexibility index (Phi) is 7.40. The van der Waals surface area contributed by atoms with Crippen molar-refractivity contribution in [2.75, 3.05) is 26.9 Å². The zero-order chi connectivity index (χ0) is 24.9. The van der Waals surface area contributed by atoms with Crippen molar-refractivity contribution in [2.45, 2.75) is 13.8 Å². The van der Waals surface area contributed by atoms with E-state index in [2.05, 4.69) is 20.9 Å². The number of ether oxygens (including phenoxy) is 4. The van der Waals surface area contributed by atoms with E-state index >= 15 is 0 Å². The van der Waals surface area contributed by atoms with Crippen LogP contribution >= 0.6 is 15.9 Å². The number of aliphatic imine (C=N–C) groups is 1. The summed E-state index contributed by atoms with van der Waals surface area (Å²) < 4.78 is 23.2. The van der Waals surface area contributed by atoms with Crippen LogP contribution in [0.25, 0.3) is 6.08 Å². The van der Waals surface area contributed by atoms with Gasteiger partial charge in [-0.2, -0.15) is 4.99 Å². The van der Waals surface area contributed by atoms with Crippen LogP contribution in [-0.2, 0) is 9.63 Å². The lowest BCUT2D eigenvalue weighted by Gasteiger charge is -2.23. The Morgan fingerprint density at radius 1 is 1.11 bits per heavy atom. The first kappa shape index (κ1) is 24.3. The molecular formula is C25H24BrN3O6. The van der Waals surface area contributed by atoms with Crippen molar-refractivity contribution in [1.29, 1.82) is 5.41 Å². The molecule has 2 aromatic rings. The molecule has 1 amide bonds. The van der Waals surface area contributed by atoms with Crippen molar-refractivity contribution in [3.63, 3.8) is 0 Å². The molecule has 2 aliphatic heterocycles. The maximum atomic E-state index is 12.6. The minimum atomic E-state index is -0.513. The number of benzene rings is 2. The molecular weight excluding hydrogens is 518 g/mol. The smallest absolute Gasteiger partial charge is 0.282 e. The molecule has 0 radical (unpaired) electrons. The van der Waals surface area contributed by atoms with Gasteiger partial charge in [0.1, 0.15) is 30.5 Å². The maximum Gasteiger partial charge on any atom is 0.282 e. The zero-order valence-electron chi connectivity index (χ0n) is 19.5. The molecule has 0 spiro atoms. The average molecular weight is 542 g/mol. The summed E-state index contributed by atoms with van der Waals surface area (Å²) in [5.41, 5.74) is 0.741. The normalized spacial score (nSPS) is 15.9. The molecule has 4 rings (SSSR count). The van der Waals surface area contributed by atoms with Crippen LogP contribution in [-0.4, -0.2) is 49.6 Å². The van der Waals surface area contributed by atoms with Crippen molar-refractivity contribution >= 4 is 39.6 Å². The molecule has 2 aromatic carbocycles. The molecule has 0 aromatic heterocycles. The number of amidine groups is 2. The first-order chi connectivity index (χ1) is 16.9. The van der Waals surface area contributed by atoms with Crippen LogP contribution in [0.3, 0.4) is 0 Å². The molecule has 35 heavy (non-hydrogen) atoms. The Morgan fingerprint density at radius 3 is 2.54 bits per heavy atom. The summed E-state index contributed by atoms with van der Waals surface area (Å²) in [6, 6.07) is 10.8. The molecule has 0 fully saturated rings. The first-order valence-electron chi connectivity index (χ1n) is 10.9. The Balaban J connectivity index is 1.48. The quantitative estimate of drug-likeness (QED) is 0.360. The predicted molar refractivity (Wildman–Crippen MR) is 134 cm³/mol. The molecule has 2 heterocycles. The van der Waals surface area contributed by atoms with E-state index in [1.165, 1.54) is 5.06 Å². The van der Waals surface area contributed by atoms with Crippen molar-refractivity contribution in [3.8, 4) is 23.0 Å². The summed E-state index contributed by atoms with van der Waals surface area (Å²) in [5, 5.41) is 9.61. The Labute approximate surface area is 211 Å². The molecule has 2 aliphatic rings. The number of hydrogen-bond acceptors (Lipinski definition) is 7. The van der Waals surface area contributed by atoms with Gasteiger partial charge in [0.25, 0.3) is 5.91 Å². The minimum Gasteiger partial charge on any atom is -0.497 e. The number of carbonyl (C=O) groups excluding carboxylic acids is 1. The number of carbonyl (C=O) groups is 1. The van der Waals surface area contributed by atoms with E-state index in [9.17, 15) is 4.79 Å². The van der Waals surface area contributed by atoms with Crippen LogP contribution in [0.15, 0.2) is 63.3 Å². The minimum absolute atomic E-state index is 0.0850. The molecule has 10 heteroatoms. The van der Waals surface area contributed by atoms with Crippen molar-refractivity contribution in [2.24, 2.45) is 4.99 Å². The highest BCUT2D eigenvalue weighted by Gasteiger charge is 2.34. The third-order valence-corrected chi connectivity index (χ3v) is 5.57. The maximum absolute atomic E-state index is 12.6. The summed E-state index contributed by atoms with van der Waals surface area (Å²) in [6.07, 6.45) is 3.18. The number of halogens is 1. The fraction of sp³-hybridized carbons (Fsp3) is 0.240. The van der Waals surface area contributed by atoms with E-state index in [0.717, 1.165) is 5.75 Å². The lowest BCUT2D eigenvalue weighted by Crippen LogP contribution is -2.38. The SMILES string of the molecule is CCOc1cc(/C=C2/C(=N)N3OC(C)=CC3=NC2=O)cc(Br)c1OCCOc1ccc(OC)cc1. The van der Waals surface area contributed by atoms with Crippen molar-refractivity contribution in [3.05, 3.63) is 63.8 Å². The number of fused-ring (bicyclic) bond motifs is 1. The molecule has 182 valence electrons. The standard InChI is InChI=1S/C25H24BrN3O6/c1-4-32-21-14-16(12-19-24(27)29-22(28-25(19)30)11-15(2)35-29)13-20(26)23(21)34-10-9-33-18-7-5-17(31-3)6-8-18/h5-8,11-14,27H,4,9-10H2,1-3H3/b19-12-,27-24?. The van der Waals surface area contributed by atoms with Crippen LogP contribution in [0.4, 0.5) is 0 Å². The molecule has 0 aliphatic carbocycles. The highest BCUT2D eigenvalue weighted by molar-refractivity contribution is 9.10. The van der Waals surface area contributed by atoms with Crippen molar-refractivity contribution in [1.82, 2.24) is 5.06 Å². The number of hydroxylamine groups is 2. The number of allylic oxidation sites excluding steroid dienone is 1. The summed E-state index contributed by atoms with van der Waals surface area (Å²) in [4.78, 5) is 22.0. The van der Waals surface area contributed by atoms with Gasteiger partial charge in [-0.3, -0.25) is 10.2 Å². The fourth-order valence-electron chi connectivity index (χ4n) is 3.42. The Bertz CT molecular complexity index is 1240. The summed E-state index contributed by atoms with van der Waals surface area (Å²) in [7, 11) is 1.61. The van der Waals surface area contributed by atoms with Gasteiger partial charge in [0.15, 0.2) is 23.2 Å². The van der Waals surface area contributed by atoms with E-state index in [0.29, 0.717) is 52.1 Å². The third-order valence-electron chi connectivity index (χ3n) is 4.98. The van der Waals surface area contributed by atoms with Gasteiger partial charge in [-0.1, -0.05) is 0 Å². The van der Waals surface area contributed by atoms with E-state index in [4.69, 9.17) is 29.2 Å². The molecule has 0 saturated carbocycles. The molecule has 0 unspecified atom stereocenters. The van der Waals surface area contributed by atoms with Crippen molar-refractivity contribution < 1.29 is 28.6 Å². The zero-order valence-corrected chi connectivity index (χ0v) is 21.0. The highest BCUT2D eigenvalue weighted by Crippen LogP contribution is 2.38. The Hall–Kier alpha value is -3.79. The van der Waals surface area contributed by atoms with Gasteiger partial charge in [-0.25, -0.2) is 0 Å². The van der Waals surface area contributed by atoms with Gasteiger partial charge in [-0.15, -0.1) is 5.06 Å². The molecule has 1 N–H and O–H groups in total. The number of methoxy groups -OCH3 is 1. The van der Waals surface area contributed by atoms with E-state index in [1.54, 1.807) is 38.3 Å². The number of hydrogen-bond donors (Lipinski definition) is 1. The van der Waals surface area contributed by atoms with Gasteiger partial charge in [0, 0.05) is 6.08 Å². The van der Waals surface area contributed by atoms with Gasteiger partial charge in [0.2, 0.25) is 0 Å². The molecule has 0 atom stereocenters. The van der Waals surface area contributed by atoms with Gasteiger partial charge < -0.3 is 23.8 Å². The van der Waals surface area contributed by atoms with Gasteiger partial charge in [-0.05, 0) is 77.8 Å². The third kappa shape index (κ3) is 5.48. The molecule has 0 bridgehead atoms.